The third-order valence-corrected chi connectivity index (χ3v) is 3.08. The first-order valence-corrected chi connectivity index (χ1v) is 6.37. The Kier molecular flexibility index (Phi) is 4.58. The van der Waals surface area contributed by atoms with Crippen molar-refractivity contribution in [2.24, 2.45) is 4.99 Å². The first-order chi connectivity index (χ1) is 9.72. The molecule has 0 fully saturated rings. The van der Waals surface area contributed by atoms with E-state index in [4.69, 9.17) is 9.59 Å². The van der Waals surface area contributed by atoms with Gasteiger partial charge in [0.1, 0.15) is 5.65 Å². The molecule has 20 heavy (non-hydrogen) atoms. The van der Waals surface area contributed by atoms with Crippen molar-refractivity contribution in [3.05, 3.63) is 41.9 Å². The van der Waals surface area contributed by atoms with Crippen molar-refractivity contribution >= 4 is 22.9 Å². The Morgan fingerprint density at radius 2 is 2.10 bits per heavy atom. The zero-order valence-corrected chi connectivity index (χ0v) is 11.2. The number of rotatable bonds is 3. The van der Waals surface area contributed by atoms with Gasteiger partial charge in [-0.15, -0.1) is 0 Å². The van der Waals surface area contributed by atoms with E-state index in [0.29, 0.717) is 0 Å². The van der Waals surface area contributed by atoms with Crippen LogP contribution < -0.4 is 0 Å². The SMILES string of the molecule is Cc1cc2cc(CCC3=NC=CC3)cnc2[nH]1.O=C=O. The van der Waals surface area contributed by atoms with E-state index in [1.54, 1.807) is 0 Å². The fraction of sp³-hybridized carbons (Fsp3) is 0.267. The molecular weight excluding hydrogens is 254 g/mol. The number of hydrogen-bond acceptors (Lipinski definition) is 4. The topological polar surface area (TPSA) is 75.2 Å². The normalized spacial score (nSPS) is 12.8. The third-order valence-electron chi connectivity index (χ3n) is 3.08. The van der Waals surface area contributed by atoms with Crippen molar-refractivity contribution in [1.29, 1.82) is 0 Å². The summed E-state index contributed by atoms with van der Waals surface area (Å²) in [5.74, 6) is 0. The summed E-state index contributed by atoms with van der Waals surface area (Å²) in [5.41, 5.74) is 4.70. The van der Waals surface area contributed by atoms with Crippen LogP contribution in [0.3, 0.4) is 0 Å². The molecule has 0 amide bonds. The predicted molar refractivity (Wildman–Crippen MR) is 75.4 cm³/mol. The van der Waals surface area contributed by atoms with E-state index in [1.165, 1.54) is 16.7 Å². The van der Waals surface area contributed by atoms with Crippen LogP contribution in [0.15, 0.2) is 35.6 Å². The lowest BCUT2D eigenvalue weighted by Crippen LogP contribution is -1.97. The predicted octanol–water partition coefficient (Wildman–Crippen LogP) is 2.58. The summed E-state index contributed by atoms with van der Waals surface area (Å²) in [6.45, 7) is 2.06. The summed E-state index contributed by atoms with van der Waals surface area (Å²) in [5, 5.41) is 1.20. The van der Waals surface area contributed by atoms with Crippen LogP contribution in [0, 0.1) is 6.92 Å². The van der Waals surface area contributed by atoms with Crippen molar-refractivity contribution in [1.82, 2.24) is 9.97 Å². The fourth-order valence-corrected chi connectivity index (χ4v) is 2.19. The lowest BCUT2D eigenvalue weighted by molar-refractivity contribution is -0.191. The molecule has 1 aliphatic heterocycles. The number of hydrogen-bond donors (Lipinski definition) is 1. The van der Waals surface area contributed by atoms with E-state index in [-0.39, 0.29) is 6.15 Å². The molecule has 0 atom stereocenters. The highest BCUT2D eigenvalue weighted by Gasteiger charge is 2.04. The first kappa shape index (κ1) is 13.9. The zero-order valence-electron chi connectivity index (χ0n) is 11.2. The van der Waals surface area contributed by atoms with Crippen LogP contribution in [0.5, 0.6) is 0 Å². The standard InChI is InChI=1S/C14H15N3.CO2/c1-10-7-12-8-11(9-16-14(12)17-10)4-5-13-3-2-6-15-13;2-1-3/h2,6-9H,3-5H2,1H3,(H,16,17);. The van der Waals surface area contributed by atoms with E-state index < -0.39 is 0 Å². The lowest BCUT2D eigenvalue weighted by Gasteiger charge is -2.01. The molecule has 1 N–H and O–H groups in total. The van der Waals surface area contributed by atoms with Crippen LogP contribution in [0.25, 0.3) is 11.0 Å². The van der Waals surface area contributed by atoms with Gasteiger partial charge in [0.2, 0.25) is 0 Å². The summed E-state index contributed by atoms with van der Waals surface area (Å²) < 4.78 is 0. The molecule has 3 rings (SSSR count). The monoisotopic (exact) mass is 269 g/mol. The number of allylic oxidation sites excluding steroid dienone is 1. The van der Waals surface area contributed by atoms with Gasteiger partial charge in [0.25, 0.3) is 0 Å². The van der Waals surface area contributed by atoms with E-state index in [1.807, 2.05) is 12.4 Å². The molecule has 0 unspecified atom stereocenters. The molecule has 102 valence electrons. The number of nitrogens with zero attached hydrogens (tertiary/aromatic N) is 2. The molecular formula is C15H15N3O2. The molecule has 0 bridgehead atoms. The molecule has 3 heterocycles. The maximum atomic E-state index is 8.12. The summed E-state index contributed by atoms with van der Waals surface area (Å²) in [6.07, 6.45) is 9.27. The Balaban J connectivity index is 0.000000452. The quantitative estimate of drug-likeness (QED) is 0.930. The smallest absolute Gasteiger partial charge is 0.344 e. The van der Waals surface area contributed by atoms with Crippen LogP contribution >= 0.6 is 0 Å². The van der Waals surface area contributed by atoms with Gasteiger partial charge < -0.3 is 4.98 Å². The molecule has 0 radical (unpaired) electrons. The Morgan fingerprint density at radius 3 is 2.80 bits per heavy atom. The Morgan fingerprint density at radius 1 is 1.30 bits per heavy atom. The number of nitrogens with one attached hydrogen (secondary N) is 1. The third kappa shape index (κ3) is 3.49. The van der Waals surface area contributed by atoms with E-state index in [0.717, 1.165) is 30.6 Å². The van der Waals surface area contributed by atoms with E-state index in [9.17, 15) is 0 Å². The van der Waals surface area contributed by atoms with E-state index >= 15 is 0 Å². The highest BCUT2D eigenvalue weighted by Crippen LogP contribution is 2.16. The summed E-state index contributed by atoms with van der Waals surface area (Å²) in [7, 11) is 0. The minimum Gasteiger partial charge on any atom is -0.344 e. The van der Waals surface area contributed by atoms with Gasteiger partial charge in [0.15, 0.2) is 0 Å². The van der Waals surface area contributed by atoms with Crippen molar-refractivity contribution in [3.8, 4) is 0 Å². The van der Waals surface area contributed by atoms with E-state index in [2.05, 4.69) is 40.1 Å². The minimum absolute atomic E-state index is 0.250. The number of aliphatic imine (C=N–C) groups is 1. The molecule has 0 spiro atoms. The Labute approximate surface area is 116 Å². The second-order valence-corrected chi connectivity index (χ2v) is 4.60. The summed E-state index contributed by atoms with van der Waals surface area (Å²) >= 11 is 0. The van der Waals surface area contributed by atoms with Crippen LogP contribution in [-0.2, 0) is 16.0 Å². The number of carbonyl (C=O) groups excluding carboxylic acids is 2. The highest BCUT2D eigenvalue weighted by molar-refractivity contribution is 5.88. The van der Waals surface area contributed by atoms with Crippen LogP contribution in [0.1, 0.15) is 24.1 Å². The second-order valence-electron chi connectivity index (χ2n) is 4.60. The average Bonchev–Trinajstić information content (AvgIpc) is 3.04. The maximum Gasteiger partial charge on any atom is 0.373 e. The highest BCUT2D eigenvalue weighted by atomic mass is 16.2. The van der Waals surface area contributed by atoms with Gasteiger partial charge in [-0.25, -0.2) is 4.98 Å². The summed E-state index contributed by atoms with van der Waals surface area (Å²) in [6, 6.07) is 4.36. The van der Waals surface area contributed by atoms with Crippen molar-refractivity contribution in [2.75, 3.05) is 0 Å². The fourth-order valence-electron chi connectivity index (χ4n) is 2.19. The average molecular weight is 269 g/mol. The number of pyridine rings is 1. The van der Waals surface area contributed by atoms with Gasteiger partial charge in [0.05, 0.1) is 0 Å². The first-order valence-electron chi connectivity index (χ1n) is 6.37. The van der Waals surface area contributed by atoms with Crippen molar-refractivity contribution < 1.29 is 9.59 Å². The van der Waals surface area contributed by atoms with Crippen LogP contribution in [-0.4, -0.2) is 21.8 Å². The maximum absolute atomic E-state index is 8.12. The lowest BCUT2D eigenvalue weighted by atomic mass is 10.1. The van der Waals surface area contributed by atoms with Gasteiger partial charge in [0, 0.05) is 35.6 Å². The van der Waals surface area contributed by atoms with Gasteiger partial charge >= 0.3 is 6.15 Å². The molecule has 5 heteroatoms. The van der Waals surface area contributed by atoms with Gasteiger partial charge in [-0.2, -0.15) is 9.59 Å². The number of fused-ring (bicyclic) bond motifs is 1. The largest absolute Gasteiger partial charge is 0.373 e. The van der Waals surface area contributed by atoms with Gasteiger partial charge in [-0.1, -0.05) is 6.08 Å². The van der Waals surface area contributed by atoms with Gasteiger partial charge in [-0.05, 0) is 37.5 Å². The van der Waals surface area contributed by atoms with Crippen molar-refractivity contribution in [3.63, 3.8) is 0 Å². The van der Waals surface area contributed by atoms with Crippen LogP contribution in [0.2, 0.25) is 0 Å². The van der Waals surface area contributed by atoms with Crippen molar-refractivity contribution in [2.45, 2.75) is 26.2 Å². The molecule has 1 aliphatic rings. The minimum atomic E-state index is 0.250. The van der Waals surface area contributed by atoms with Crippen LogP contribution in [0.4, 0.5) is 0 Å². The number of H-pyrrole nitrogens is 1. The molecule has 0 aliphatic carbocycles. The Bertz CT molecular complexity index is 692. The Hall–Kier alpha value is -2.52. The molecule has 2 aromatic heterocycles. The molecule has 0 saturated heterocycles. The number of aromatic amines is 1. The molecule has 2 aromatic rings. The summed E-state index contributed by atoms with van der Waals surface area (Å²) in [4.78, 5) is 28.3. The van der Waals surface area contributed by atoms with Gasteiger partial charge in [-0.3, -0.25) is 4.99 Å². The second kappa shape index (κ2) is 6.59. The molecule has 0 aromatic carbocycles. The molecule has 5 nitrogen and oxygen atoms in total. The number of aromatic nitrogens is 2. The zero-order chi connectivity index (χ0) is 14.4. The molecule has 0 saturated carbocycles. The number of aryl methyl sites for hydroxylation is 2.